The Morgan fingerprint density at radius 1 is 0.346 bits per heavy atom. The van der Waals surface area contributed by atoms with E-state index in [-0.39, 0.29) is 12.3 Å². The minimum absolute atomic E-state index is 0.182. The lowest BCUT2D eigenvalue weighted by Gasteiger charge is -2.48. The van der Waals surface area contributed by atoms with Gasteiger partial charge in [-0.15, -0.1) is 0 Å². The van der Waals surface area contributed by atoms with Crippen LogP contribution in [0.5, 0.6) is 0 Å². The molecule has 3 saturated heterocycles. The number of unbranched alkanes of at least 4 members (excludes halogenated alkanes) is 26. The fourth-order valence-corrected chi connectivity index (χ4v) is 13.0. The molecule has 0 aromatic rings. The highest BCUT2D eigenvalue weighted by Gasteiger charge is 2.54. The zero-order valence-corrected chi connectivity index (χ0v) is 65.6. The summed E-state index contributed by atoms with van der Waals surface area (Å²) in [6, 6.07) is -1.03. The second-order valence-corrected chi connectivity index (χ2v) is 28.8. The quantitative estimate of drug-likeness (QED) is 0.0199. The normalized spacial score (nSPS) is 26.3. The van der Waals surface area contributed by atoms with Crippen LogP contribution < -0.4 is 5.32 Å². The smallest absolute Gasteiger partial charge is 0.220 e. The van der Waals surface area contributed by atoms with Gasteiger partial charge >= 0.3 is 0 Å². The standard InChI is InChI=1S/C88H147NO18/c1-3-5-7-9-11-13-15-17-19-21-23-25-27-29-31-33-35-37-39-41-43-45-47-49-51-53-55-57-59-61-63-65-72(93)71(89-76(94)66-64-62-60-58-56-54-52-50-48-46-44-42-40-38-36-34-32-30-28-26-24-22-20-18-16-14-12-10-8-6-4-2)70-102-86-82(100)79(97)84(74(68-91)104-86)107-88-83(101)80(98)85(75(69-92)105-88)106-87-81(99)78(96)77(95)73(67-90)103-87/h6,8,12,14,18,20,24,26,30,32,36,38,42,44,47-50,54-57,63,65,71-75,77-88,90-93,95-101H,3-5,7,9-11,13,15-17,19,21-23,25,27-29,31,33-35,37,39-41,43,45-46,51-53,58-62,64,66-70H2,1-2H3,(H,89,94)/b8-6-,14-12-,20-18-,26-24-,32-30-,38-36-,44-42-,49-47+,50-48-,56-54-,57-55+,65-63+. The highest BCUT2D eigenvalue weighted by atomic mass is 16.8. The molecule has 107 heavy (non-hydrogen) atoms. The lowest BCUT2D eigenvalue weighted by Crippen LogP contribution is -2.66. The molecule has 17 unspecified atom stereocenters. The third-order valence-corrected chi connectivity index (χ3v) is 19.6. The first kappa shape index (κ1) is 96.9. The van der Waals surface area contributed by atoms with Crippen LogP contribution in [0, 0.1) is 0 Å². The largest absolute Gasteiger partial charge is 0.394 e. The van der Waals surface area contributed by atoms with Crippen molar-refractivity contribution in [1.29, 1.82) is 0 Å². The Bertz CT molecular complexity index is 2500. The fraction of sp³-hybridized carbons (Fsp3) is 0.716. The number of amides is 1. The molecule has 3 aliphatic rings. The third-order valence-electron chi connectivity index (χ3n) is 19.6. The average Bonchev–Trinajstić information content (AvgIpc) is 0.780. The molecule has 0 spiro atoms. The Labute approximate surface area is 644 Å². The maximum absolute atomic E-state index is 13.5. The number of rotatable bonds is 64. The molecule has 0 aromatic carbocycles. The molecule has 17 atom stereocenters. The molecule has 0 aromatic heterocycles. The first-order valence-electron chi connectivity index (χ1n) is 41.6. The van der Waals surface area contributed by atoms with Crippen molar-refractivity contribution >= 4 is 5.91 Å². The van der Waals surface area contributed by atoms with Crippen molar-refractivity contribution in [3.05, 3.63) is 146 Å². The van der Waals surface area contributed by atoms with Crippen LogP contribution in [0.4, 0.5) is 0 Å². The van der Waals surface area contributed by atoms with Gasteiger partial charge in [0.15, 0.2) is 18.9 Å². The van der Waals surface area contributed by atoms with E-state index >= 15 is 0 Å². The van der Waals surface area contributed by atoms with Gasteiger partial charge < -0.3 is 89.9 Å². The molecule has 3 heterocycles. The van der Waals surface area contributed by atoms with Gasteiger partial charge in [-0.05, 0) is 116 Å². The molecular weight excluding hydrogens is 1360 g/mol. The first-order valence-corrected chi connectivity index (χ1v) is 41.6. The zero-order chi connectivity index (χ0) is 77.4. The Kier molecular flexibility index (Phi) is 60.0. The Hall–Kier alpha value is -4.33. The van der Waals surface area contributed by atoms with Gasteiger partial charge in [-0.1, -0.05) is 295 Å². The van der Waals surface area contributed by atoms with Crippen LogP contribution in [0.2, 0.25) is 0 Å². The number of allylic oxidation sites excluding steroid dienone is 23. The van der Waals surface area contributed by atoms with Gasteiger partial charge in [-0.2, -0.15) is 0 Å². The van der Waals surface area contributed by atoms with Gasteiger partial charge in [-0.25, -0.2) is 0 Å². The summed E-state index contributed by atoms with van der Waals surface area (Å²) in [5, 5.41) is 121. The predicted molar refractivity (Wildman–Crippen MR) is 429 cm³/mol. The molecule has 12 N–H and O–H groups in total. The van der Waals surface area contributed by atoms with Crippen LogP contribution in [-0.4, -0.2) is 193 Å². The van der Waals surface area contributed by atoms with Crippen LogP contribution in [0.15, 0.2) is 146 Å². The summed E-state index contributed by atoms with van der Waals surface area (Å²) in [5.41, 5.74) is 0. The van der Waals surface area contributed by atoms with E-state index in [1.807, 2.05) is 6.08 Å². The maximum atomic E-state index is 13.5. The number of carbonyl (C=O) groups excluding carboxylic acids is 1. The number of hydrogen-bond acceptors (Lipinski definition) is 18. The van der Waals surface area contributed by atoms with Gasteiger partial charge in [0.05, 0.1) is 38.6 Å². The maximum Gasteiger partial charge on any atom is 0.220 e. The highest BCUT2D eigenvalue weighted by molar-refractivity contribution is 5.76. The summed E-state index contributed by atoms with van der Waals surface area (Å²) in [4.78, 5) is 13.5. The first-order chi connectivity index (χ1) is 52.3. The number of carbonyl (C=O) groups is 1. The highest BCUT2D eigenvalue weighted by Crippen LogP contribution is 2.33. The summed E-state index contributed by atoms with van der Waals surface area (Å²) in [6.07, 6.45) is 69.8. The van der Waals surface area contributed by atoms with E-state index in [1.165, 1.54) is 135 Å². The Morgan fingerprint density at radius 3 is 1.05 bits per heavy atom. The summed E-state index contributed by atoms with van der Waals surface area (Å²) >= 11 is 0. The van der Waals surface area contributed by atoms with Crippen molar-refractivity contribution in [2.75, 3.05) is 26.4 Å². The average molecular weight is 1510 g/mol. The lowest BCUT2D eigenvalue weighted by atomic mass is 9.96. The van der Waals surface area contributed by atoms with E-state index in [0.29, 0.717) is 12.8 Å². The van der Waals surface area contributed by atoms with Gasteiger partial charge in [0.1, 0.15) is 73.2 Å². The van der Waals surface area contributed by atoms with E-state index in [2.05, 4.69) is 153 Å². The van der Waals surface area contributed by atoms with Gasteiger partial charge in [-0.3, -0.25) is 4.79 Å². The third kappa shape index (κ3) is 45.7. The number of aliphatic hydroxyl groups is 11. The second kappa shape index (κ2) is 66.3. The molecule has 0 radical (unpaired) electrons. The summed E-state index contributed by atoms with van der Waals surface area (Å²) in [6.45, 7) is 1.58. The van der Waals surface area contributed by atoms with E-state index in [0.717, 1.165) is 103 Å². The van der Waals surface area contributed by atoms with Crippen molar-refractivity contribution in [2.24, 2.45) is 0 Å². The van der Waals surface area contributed by atoms with E-state index in [1.54, 1.807) is 6.08 Å². The molecule has 3 aliphatic heterocycles. The molecule has 0 aliphatic carbocycles. The van der Waals surface area contributed by atoms with Crippen LogP contribution in [0.25, 0.3) is 0 Å². The second-order valence-electron chi connectivity index (χ2n) is 28.8. The van der Waals surface area contributed by atoms with Crippen LogP contribution in [0.3, 0.4) is 0 Å². The number of aliphatic hydroxyl groups excluding tert-OH is 11. The SMILES string of the molecule is CC/C=C\C/C=C\C/C=C\C/C=C\C/C=C\C/C=C\C/C=C\C/C=C\C/C=C\CCCCCC(=O)NC(COC1OC(CO)C(OC2OC(CO)C(OC3OC(CO)C(O)C(O)C3O)C(O)C2O)C(O)C1O)C(O)/C=C/CC/C=C/CC/C=C/CCCCCCCCCCCCCCCCCCCCCCC. The van der Waals surface area contributed by atoms with Gasteiger partial charge in [0, 0.05) is 6.42 Å². The molecule has 612 valence electrons. The van der Waals surface area contributed by atoms with E-state index in [4.69, 9.17) is 28.4 Å². The van der Waals surface area contributed by atoms with Crippen molar-refractivity contribution < 1.29 is 89.4 Å². The van der Waals surface area contributed by atoms with Gasteiger partial charge in [0.25, 0.3) is 0 Å². The van der Waals surface area contributed by atoms with Gasteiger partial charge in [0.2, 0.25) is 5.91 Å². The van der Waals surface area contributed by atoms with Crippen molar-refractivity contribution in [2.45, 2.75) is 375 Å². The van der Waals surface area contributed by atoms with Crippen molar-refractivity contribution in [3.63, 3.8) is 0 Å². The minimum Gasteiger partial charge on any atom is -0.394 e. The summed E-state index contributed by atoms with van der Waals surface area (Å²) < 4.78 is 34.4. The van der Waals surface area contributed by atoms with Crippen LogP contribution in [0.1, 0.15) is 271 Å². The number of nitrogens with one attached hydrogen (secondary N) is 1. The monoisotopic (exact) mass is 1510 g/mol. The minimum atomic E-state index is -2.00. The molecule has 0 saturated carbocycles. The van der Waals surface area contributed by atoms with Crippen LogP contribution >= 0.6 is 0 Å². The van der Waals surface area contributed by atoms with E-state index in [9.17, 15) is 61.0 Å². The molecule has 3 rings (SSSR count). The van der Waals surface area contributed by atoms with Crippen molar-refractivity contribution in [1.82, 2.24) is 5.32 Å². The molecule has 3 fully saturated rings. The lowest BCUT2D eigenvalue weighted by molar-refractivity contribution is -0.379. The summed E-state index contributed by atoms with van der Waals surface area (Å²) in [5.74, 6) is -0.326. The zero-order valence-electron chi connectivity index (χ0n) is 65.6. The molecule has 19 heteroatoms. The number of ether oxygens (including phenoxy) is 6. The molecular formula is C88H147NO18. The fourth-order valence-electron chi connectivity index (χ4n) is 13.0. The summed E-state index contributed by atoms with van der Waals surface area (Å²) in [7, 11) is 0. The Morgan fingerprint density at radius 2 is 0.654 bits per heavy atom. The predicted octanol–water partition coefficient (Wildman–Crippen LogP) is 14.6. The molecule has 0 bridgehead atoms. The van der Waals surface area contributed by atoms with Crippen molar-refractivity contribution in [3.8, 4) is 0 Å². The topological polar surface area (TPSA) is 307 Å². The number of hydrogen-bond donors (Lipinski definition) is 12. The van der Waals surface area contributed by atoms with E-state index < -0.39 is 131 Å². The van der Waals surface area contributed by atoms with Crippen LogP contribution in [-0.2, 0) is 33.2 Å². The molecule has 1 amide bonds. The molecule has 19 nitrogen and oxygen atoms in total. The Balaban J connectivity index is 1.41.